The Morgan fingerprint density at radius 1 is 1.48 bits per heavy atom. The standard InChI is InChI=1S/C18H24N4O3/c1-11(2)22(3)18(23)19-15-8-6-12-9-13(5-7-14(12)15)17-20-16(10-24-4)25-21-17/h5,7,9,11,15H,6,8,10H2,1-4H3,(H,19,23)/t15-/m1/s1. The van der Waals surface area contributed by atoms with Crippen LogP contribution in [0.4, 0.5) is 4.79 Å². The average Bonchev–Trinajstić information content (AvgIpc) is 3.21. The zero-order chi connectivity index (χ0) is 18.0. The molecule has 1 atom stereocenters. The average molecular weight is 344 g/mol. The first-order valence-electron chi connectivity index (χ1n) is 8.47. The molecule has 25 heavy (non-hydrogen) atoms. The highest BCUT2D eigenvalue weighted by atomic mass is 16.5. The topological polar surface area (TPSA) is 80.5 Å². The smallest absolute Gasteiger partial charge is 0.317 e. The van der Waals surface area contributed by atoms with Gasteiger partial charge in [-0.25, -0.2) is 4.79 Å². The highest BCUT2D eigenvalue weighted by molar-refractivity contribution is 5.75. The number of carbonyl (C=O) groups excluding carboxylic acids is 1. The van der Waals surface area contributed by atoms with Crippen LogP contribution in [0.5, 0.6) is 0 Å². The number of nitrogens with zero attached hydrogens (tertiary/aromatic N) is 3. The van der Waals surface area contributed by atoms with Crippen molar-refractivity contribution in [1.29, 1.82) is 0 Å². The van der Waals surface area contributed by atoms with Crippen LogP contribution >= 0.6 is 0 Å². The number of aryl methyl sites for hydroxylation is 1. The summed E-state index contributed by atoms with van der Waals surface area (Å²) in [5.74, 6) is 1.02. The van der Waals surface area contributed by atoms with Crippen molar-refractivity contribution in [3.63, 3.8) is 0 Å². The number of amides is 2. The lowest BCUT2D eigenvalue weighted by molar-refractivity contribution is 0.151. The van der Waals surface area contributed by atoms with E-state index in [4.69, 9.17) is 9.26 Å². The maximum absolute atomic E-state index is 12.3. The molecule has 1 aliphatic carbocycles. The number of hydrogen-bond acceptors (Lipinski definition) is 5. The van der Waals surface area contributed by atoms with Crippen molar-refractivity contribution in [3.05, 3.63) is 35.2 Å². The van der Waals surface area contributed by atoms with E-state index in [0.29, 0.717) is 18.3 Å². The molecule has 0 aliphatic heterocycles. The van der Waals surface area contributed by atoms with E-state index in [9.17, 15) is 4.79 Å². The highest BCUT2D eigenvalue weighted by Gasteiger charge is 2.26. The minimum Gasteiger partial charge on any atom is -0.375 e. The number of rotatable bonds is 5. The zero-order valence-electron chi connectivity index (χ0n) is 15.1. The molecule has 1 aromatic carbocycles. The summed E-state index contributed by atoms with van der Waals surface area (Å²) in [6, 6.07) is 6.27. The molecule has 1 N–H and O–H groups in total. The fraction of sp³-hybridized carbons (Fsp3) is 0.500. The fourth-order valence-corrected chi connectivity index (χ4v) is 2.95. The maximum Gasteiger partial charge on any atom is 0.317 e. The molecule has 3 rings (SSSR count). The molecule has 0 saturated carbocycles. The van der Waals surface area contributed by atoms with E-state index in [1.165, 1.54) is 5.56 Å². The van der Waals surface area contributed by atoms with E-state index in [2.05, 4.69) is 21.5 Å². The van der Waals surface area contributed by atoms with Gasteiger partial charge in [-0.3, -0.25) is 0 Å². The van der Waals surface area contributed by atoms with Crippen molar-refractivity contribution in [1.82, 2.24) is 20.4 Å². The Morgan fingerprint density at radius 3 is 3.00 bits per heavy atom. The van der Waals surface area contributed by atoms with Gasteiger partial charge in [-0.1, -0.05) is 17.3 Å². The van der Waals surface area contributed by atoms with Crippen molar-refractivity contribution < 1.29 is 14.1 Å². The molecule has 2 aromatic rings. The largest absolute Gasteiger partial charge is 0.375 e. The number of nitrogens with one attached hydrogen (secondary N) is 1. The molecule has 1 heterocycles. The molecule has 7 heteroatoms. The van der Waals surface area contributed by atoms with Gasteiger partial charge < -0.3 is 19.5 Å². The third kappa shape index (κ3) is 3.66. The van der Waals surface area contributed by atoms with Gasteiger partial charge >= 0.3 is 6.03 Å². The molecule has 2 amide bonds. The van der Waals surface area contributed by atoms with Gasteiger partial charge in [0.1, 0.15) is 6.61 Å². The normalized spacial score (nSPS) is 16.1. The predicted molar refractivity (Wildman–Crippen MR) is 92.9 cm³/mol. The minimum absolute atomic E-state index is 0.0423. The van der Waals surface area contributed by atoms with Gasteiger partial charge in [0.2, 0.25) is 5.82 Å². The second-order valence-corrected chi connectivity index (χ2v) is 6.60. The zero-order valence-corrected chi connectivity index (χ0v) is 15.1. The Bertz CT molecular complexity index is 757. The minimum atomic E-state index is -0.0423. The summed E-state index contributed by atoms with van der Waals surface area (Å²) < 4.78 is 10.2. The molecular formula is C18H24N4O3. The molecule has 0 radical (unpaired) electrons. The fourth-order valence-electron chi connectivity index (χ4n) is 2.95. The van der Waals surface area contributed by atoms with Gasteiger partial charge in [0.15, 0.2) is 0 Å². The summed E-state index contributed by atoms with van der Waals surface area (Å²) in [6.45, 7) is 4.30. The molecule has 0 saturated heterocycles. The van der Waals surface area contributed by atoms with Crippen LogP contribution < -0.4 is 5.32 Å². The number of hydrogen-bond donors (Lipinski definition) is 1. The van der Waals surface area contributed by atoms with E-state index < -0.39 is 0 Å². The Labute approximate surface area is 147 Å². The van der Waals surface area contributed by atoms with Crippen LogP contribution in [0.25, 0.3) is 11.4 Å². The first kappa shape index (κ1) is 17.4. The van der Waals surface area contributed by atoms with E-state index in [1.807, 2.05) is 33.0 Å². The molecular weight excluding hydrogens is 320 g/mol. The van der Waals surface area contributed by atoms with Gasteiger partial charge in [-0.15, -0.1) is 0 Å². The Morgan fingerprint density at radius 2 is 2.28 bits per heavy atom. The van der Waals surface area contributed by atoms with Crippen LogP contribution in [-0.4, -0.2) is 41.3 Å². The molecule has 0 spiro atoms. The Balaban J connectivity index is 1.75. The lowest BCUT2D eigenvalue weighted by Crippen LogP contribution is -2.42. The second kappa shape index (κ2) is 7.23. The van der Waals surface area contributed by atoms with E-state index in [1.54, 1.807) is 12.0 Å². The van der Waals surface area contributed by atoms with Gasteiger partial charge in [0, 0.05) is 25.8 Å². The second-order valence-electron chi connectivity index (χ2n) is 6.60. The number of methoxy groups -OCH3 is 1. The van der Waals surface area contributed by atoms with Crippen LogP contribution in [0.15, 0.2) is 22.7 Å². The number of fused-ring (bicyclic) bond motifs is 1. The monoisotopic (exact) mass is 344 g/mol. The number of carbonyl (C=O) groups is 1. The van der Waals surface area contributed by atoms with Gasteiger partial charge in [-0.2, -0.15) is 4.98 Å². The third-order valence-corrected chi connectivity index (χ3v) is 4.61. The molecule has 1 aliphatic rings. The predicted octanol–water partition coefficient (Wildman–Crippen LogP) is 2.92. The van der Waals surface area contributed by atoms with Crippen LogP contribution in [0.3, 0.4) is 0 Å². The van der Waals surface area contributed by atoms with Crippen molar-refractivity contribution in [2.24, 2.45) is 0 Å². The van der Waals surface area contributed by atoms with Gasteiger partial charge in [0.25, 0.3) is 5.89 Å². The van der Waals surface area contributed by atoms with Gasteiger partial charge in [-0.05, 0) is 43.9 Å². The van der Waals surface area contributed by atoms with Crippen molar-refractivity contribution in [2.45, 2.75) is 45.4 Å². The van der Waals surface area contributed by atoms with Crippen molar-refractivity contribution >= 4 is 6.03 Å². The number of aromatic nitrogens is 2. The molecule has 0 bridgehead atoms. The van der Waals surface area contributed by atoms with E-state index in [-0.39, 0.29) is 18.1 Å². The summed E-state index contributed by atoms with van der Waals surface area (Å²) in [5.41, 5.74) is 3.29. The Kier molecular flexibility index (Phi) is 5.03. The Hall–Kier alpha value is -2.41. The van der Waals surface area contributed by atoms with Gasteiger partial charge in [0.05, 0.1) is 6.04 Å². The highest BCUT2D eigenvalue weighted by Crippen LogP contribution is 2.33. The lowest BCUT2D eigenvalue weighted by atomic mass is 10.0. The summed E-state index contributed by atoms with van der Waals surface area (Å²) >= 11 is 0. The van der Waals surface area contributed by atoms with E-state index >= 15 is 0 Å². The summed E-state index contributed by atoms with van der Waals surface area (Å²) in [4.78, 5) is 18.3. The number of ether oxygens (including phenoxy) is 1. The first-order chi connectivity index (χ1) is 12.0. The third-order valence-electron chi connectivity index (χ3n) is 4.61. The van der Waals surface area contributed by atoms with E-state index in [0.717, 1.165) is 24.0 Å². The maximum atomic E-state index is 12.3. The number of benzene rings is 1. The van der Waals surface area contributed by atoms with Crippen LogP contribution in [0.1, 0.15) is 43.3 Å². The van der Waals surface area contributed by atoms with Crippen LogP contribution in [0.2, 0.25) is 0 Å². The molecule has 7 nitrogen and oxygen atoms in total. The van der Waals surface area contributed by atoms with Crippen molar-refractivity contribution in [3.8, 4) is 11.4 Å². The molecule has 1 aromatic heterocycles. The SMILES string of the molecule is COCc1nc(-c2ccc3c(c2)CC[C@H]3NC(=O)N(C)C(C)C)no1. The molecule has 0 unspecified atom stereocenters. The van der Waals surface area contributed by atoms with Crippen LogP contribution in [-0.2, 0) is 17.8 Å². The molecule has 134 valence electrons. The number of urea groups is 1. The van der Waals surface area contributed by atoms with Crippen molar-refractivity contribution in [2.75, 3.05) is 14.2 Å². The molecule has 0 fully saturated rings. The quantitative estimate of drug-likeness (QED) is 0.902. The summed E-state index contributed by atoms with van der Waals surface area (Å²) in [6.07, 6.45) is 1.82. The first-order valence-corrected chi connectivity index (χ1v) is 8.47. The lowest BCUT2D eigenvalue weighted by Gasteiger charge is -2.24. The summed E-state index contributed by atoms with van der Waals surface area (Å²) in [7, 11) is 3.40. The summed E-state index contributed by atoms with van der Waals surface area (Å²) in [5, 5.41) is 7.11. The van der Waals surface area contributed by atoms with Crippen LogP contribution in [0, 0.1) is 0 Å².